The molecule has 2 N–H and O–H groups in total. The van der Waals surface area contributed by atoms with E-state index in [1.807, 2.05) is 36.6 Å². The van der Waals surface area contributed by atoms with Gasteiger partial charge in [-0.3, -0.25) is 9.69 Å². The lowest BCUT2D eigenvalue weighted by Crippen LogP contribution is -2.37. The van der Waals surface area contributed by atoms with Crippen molar-refractivity contribution in [1.29, 1.82) is 0 Å². The summed E-state index contributed by atoms with van der Waals surface area (Å²) in [6.45, 7) is 8.72. The van der Waals surface area contributed by atoms with Crippen LogP contribution in [0.3, 0.4) is 0 Å². The first-order valence-electron chi connectivity index (χ1n) is 10.1. The van der Waals surface area contributed by atoms with Crippen molar-refractivity contribution in [2.24, 2.45) is 5.92 Å². The van der Waals surface area contributed by atoms with Crippen molar-refractivity contribution in [3.63, 3.8) is 0 Å². The van der Waals surface area contributed by atoms with E-state index < -0.39 is 6.10 Å². The standard InChI is InChI=1S/C22H28ClN3O3S/c1-4-29-12-17(27)10-26(9-14(2)3)11-19-24-21(28)20-18(13-30-22(20)25-19)15-5-7-16(23)8-6-15/h5-8,13-14,17,27H,4,9-12H2,1-3H3,(H,24,25,28). The van der Waals surface area contributed by atoms with Crippen LogP contribution < -0.4 is 5.56 Å². The van der Waals surface area contributed by atoms with Crippen LogP contribution in [0.2, 0.25) is 5.02 Å². The number of nitrogens with one attached hydrogen (secondary N) is 1. The van der Waals surface area contributed by atoms with Crippen LogP contribution in [0, 0.1) is 5.92 Å². The van der Waals surface area contributed by atoms with E-state index in [1.165, 1.54) is 11.3 Å². The van der Waals surface area contributed by atoms with Gasteiger partial charge in [0.2, 0.25) is 0 Å². The highest BCUT2D eigenvalue weighted by molar-refractivity contribution is 7.17. The normalized spacial score (nSPS) is 12.9. The predicted molar refractivity (Wildman–Crippen MR) is 123 cm³/mol. The van der Waals surface area contributed by atoms with Gasteiger partial charge in [0, 0.05) is 35.7 Å². The molecule has 6 nitrogen and oxygen atoms in total. The fraction of sp³-hybridized carbons (Fsp3) is 0.455. The van der Waals surface area contributed by atoms with Crippen molar-refractivity contribution < 1.29 is 9.84 Å². The van der Waals surface area contributed by atoms with Crippen molar-refractivity contribution in [1.82, 2.24) is 14.9 Å². The summed E-state index contributed by atoms with van der Waals surface area (Å²) in [6, 6.07) is 7.43. The Morgan fingerprint density at radius 2 is 2.00 bits per heavy atom. The molecule has 0 aliphatic carbocycles. The molecule has 0 radical (unpaired) electrons. The fourth-order valence-electron chi connectivity index (χ4n) is 3.45. The molecule has 3 rings (SSSR count). The molecule has 0 saturated carbocycles. The maximum atomic E-state index is 12.9. The molecule has 8 heteroatoms. The average Bonchev–Trinajstić information content (AvgIpc) is 3.11. The van der Waals surface area contributed by atoms with Crippen molar-refractivity contribution in [2.45, 2.75) is 33.4 Å². The smallest absolute Gasteiger partial charge is 0.260 e. The number of fused-ring (bicyclic) bond motifs is 1. The molecular weight excluding hydrogens is 422 g/mol. The maximum Gasteiger partial charge on any atom is 0.260 e. The summed E-state index contributed by atoms with van der Waals surface area (Å²) in [6.07, 6.45) is -0.586. The van der Waals surface area contributed by atoms with Gasteiger partial charge in [0.15, 0.2) is 0 Å². The number of hydrogen-bond acceptors (Lipinski definition) is 6. The van der Waals surface area contributed by atoms with E-state index in [2.05, 4.69) is 23.7 Å². The third-order valence-corrected chi connectivity index (χ3v) is 5.75. The minimum atomic E-state index is -0.586. The Labute approximate surface area is 185 Å². The molecule has 0 spiro atoms. The van der Waals surface area contributed by atoms with Gasteiger partial charge in [-0.05, 0) is 30.5 Å². The molecule has 2 heterocycles. The first kappa shape index (κ1) is 22.9. The molecule has 0 fully saturated rings. The summed E-state index contributed by atoms with van der Waals surface area (Å²) < 4.78 is 5.32. The number of H-pyrrole nitrogens is 1. The molecule has 30 heavy (non-hydrogen) atoms. The number of aliphatic hydroxyl groups excluding tert-OH is 1. The highest BCUT2D eigenvalue weighted by Gasteiger charge is 2.17. The van der Waals surface area contributed by atoms with Crippen molar-refractivity contribution >= 4 is 33.2 Å². The first-order valence-corrected chi connectivity index (χ1v) is 11.4. The number of aliphatic hydroxyl groups is 1. The lowest BCUT2D eigenvalue weighted by molar-refractivity contribution is 0.0170. The number of thiophene rings is 1. The Hall–Kier alpha value is -1.77. The van der Waals surface area contributed by atoms with Crippen LogP contribution in [-0.4, -0.2) is 52.4 Å². The zero-order valence-corrected chi connectivity index (χ0v) is 19.1. The number of halogens is 1. The molecule has 0 bridgehead atoms. The van der Waals surface area contributed by atoms with E-state index in [9.17, 15) is 9.90 Å². The molecule has 1 atom stereocenters. The molecule has 3 aromatic rings. The number of aromatic nitrogens is 2. The predicted octanol–water partition coefficient (Wildman–Crippen LogP) is 4.16. The summed E-state index contributed by atoms with van der Waals surface area (Å²) >= 11 is 7.44. The van der Waals surface area contributed by atoms with Crippen LogP contribution in [0.4, 0.5) is 0 Å². The van der Waals surface area contributed by atoms with E-state index in [1.54, 1.807) is 0 Å². The summed E-state index contributed by atoms with van der Waals surface area (Å²) in [5.74, 6) is 1.01. The van der Waals surface area contributed by atoms with Gasteiger partial charge in [0.1, 0.15) is 10.7 Å². The molecular formula is C22H28ClN3O3S. The number of hydrogen-bond donors (Lipinski definition) is 2. The monoisotopic (exact) mass is 449 g/mol. The highest BCUT2D eigenvalue weighted by atomic mass is 35.5. The number of benzene rings is 1. The molecule has 0 aliphatic rings. The summed E-state index contributed by atoms with van der Waals surface area (Å²) in [5.41, 5.74) is 1.64. The quantitative estimate of drug-likeness (QED) is 0.486. The molecule has 0 saturated heterocycles. The van der Waals surface area contributed by atoms with Gasteiger partial charge >= 0.3 is 0 Å². The molecule has 2 aromatic heterocycles. The SMILES string of the molecule is CCOCC(O)CN(Cc1nc2scc(-c3ccc(Cl)cc3)c2c(=O)[nH]1)CC(C)C. The maximum absolute atomic E-state index is 12.9. The third-order valence-electron chi connectivity index (χ3n) is 4.63. The van der Waals surface area contributed by atoms with Gasteiger partial charge in [-0.1, -0.05) is 37.6 Å². The Morgan fingerprint density at radius 1 is 1.27 bits per heavy atom. The van der Waals surface area contributed by atoms with Crippen LogP contribution in [0.1, 0.15) is 26.6 Å². The summed E-state index contributed by atoms with van der Waals surface area (Å²) in [4.78, 5) is 23.3. The second-order valence-corrected chi connectivity index (χ2v) is 9.04. The second-order valence-electron chi connectivity index (χ2n) is 7.75. The Bertz CT molecular complexity index is 1020. The molecule has 0 amide bonds. The zero-order valence-electron chi connectivity index (χ0n) is 17.5. The largest absolute Gasteiger partial charge is 0.389 e. The van der Waals surface area contributed by atoms with Crippen molar-refractivity contribution in [2.75, 3.05) is 26.3 Å². The van der Waals surface area contributed by atoms with Crippen LogP contribution in [0.15, 0.2) is 34.4 Å². The molecule has 1 unspecified atom stereocenters. The van der Waals surface area contributed by atoms with Gasteiger partial charge in [0.25, 0.3) is 5.56 Å². The van der Waals surface area contributed by atoms with Gasteiger partial charge < -0.3 is 14.8 Å². The minimum Gasteiger partial charge on any atom is -0.389 e. The summed E-state index contributed by atoms with van der Waals surface area (Å²) in [5, 5.41) is 13.5. The lowest BCUT2D eigenvalue weighted by Gasteiger charge is -2.26. The molecule has 0 aliphatic heterocycles. The number of ether oxygens (including phenoxy) is 1. The average molecular weight is 450 g/mol. The van der Waals surface area contributed by atoms with Crippen LogP contribution in [0.5, 0.6) is 0 Å². The van der Waals surface area contributed by atoms with Crippen molar-refractivity contribution in [3.8, 4) is 11.1 Å². The van der Waals surface area contributed by atoms with Crippen LogP contribution >= 0.6 is 22.9 Å². The number of nitrogens with zero attached hydrogens (tertiary/aromatic N) is 2. The number of aromatic amines is 1. The van der Waals surface area contributed by atoms with Gasteiger partial charge in [0.05, 0.1) is 24.6 Å². The van der Waals surface area contributed by atoms with E-state index in [0.29, 0.717) is 53.3 Å². The first-order chi connectivity index (χ1) is 14.4. The van der Waals surface area contributed by atoms with Gasteiger partial charge in [-0.2, -0.15) is 0 Å². The lowest BCUT2D eigenvalue weighted by atomic mass is 10.1. The van der Waals surface area contributed by atoms with Crippen LogP contribution in [-0.2, 0) is 11.3 Å². The van der Waals surface area contributed by atoms with E-state index in [4.69, 9.17) is 21.3 Å². The van der Waals surface area contributed by atoms with E-state index in [-0.39, 0.29) is 5.56 Å². The molecule has 162 valence electrons. The van der Waals surface area contributed by atoms with E-state index >= 15 is 0 Å². The van der Waals surface area contributed by atoms with Gasteiger partial charge in [-0.15, -0.1) is 11.3 Å². The van der Waals surface area contributed by atoms with E-state index in [0.717, 1.165) is 17.7 Å². The summed E-state index contributed by atoms with van der Waals surface area (Å²) in [7, 11) is 0. The van der Waals surface area contributed by atoms with Crippen LogP contribution in [0.25, 0.3) is 21.3 Å². The third kappa shape index (κ3) is 5.89. The Kier molecular flexibility index (Phi) is 8.02. The Balaban J connectivity index is 1.84. The minimum absolute atomic E-state index is 0.152. The topological polar surface area (TPSA) is 78.5 Å². The Morgan fingerprint density at radius 3 is 2.67 bits per heavy atom. The second kappa shape index (κ2) is 10.5. The fourth-order valence-corrected chi connectivity index (χ4v) is 4.54. The number of rotatable bonds is 10. The highest BCUT2D eigenvalue weighted by Crippen LogP contribution is 2.31. The molecule has 1 aromatic carbocycles. The van der Waals surface area contributed by atoms with Crippen molar-refractivity contribution in [3.05, 3.63) is 50.8 Å². The zero-order chi connectivity index (χ0) is 21.7. The van der Waals surface area contributed by atoms with Gasteiger partial charge in [-0.25, -0.2) is 4.98 Å².